The van der Waals surface area contributed by atoms with Gasteiger partial charge in [0.1, 0.15) is 0 Å². The summed E-state index contributed by atoms with van der Waals surface area (Å²) < 4.78 is 22.7. The first kappa shape index (κ1) is 17.6. The fourth-order valence-corrected chi connectivity index (χ4v) is 2.71. The van der Waals surface area contributed by atoms with Gasteiger partial charge in [0.25, 0.3) is 0 Å². The molecule has 1 atom stereocenters. The van der Waals surface area contributed by atoms with E-state index in [9.17, 15) is 13.2 Å². The van der Waals surface area contributed by atoms with E-state index in [-0.39, 0.29) is 15.8 Å². The molecule has 1 aromatic carbocycles. The van der Waals surface area contributed by atoms with Crippen molar-refractivity contribution < 1.29 is 13.2 Å². The smallest absolute Gasteiger partial charge is 0.230 e. The molecule has 0 saturated heterocycles. The number of hydrogen-bond acceptors (Lipinski definition) is 4. The van der Waals surface area contributed by atoms with E-state index >= 15 is 0 Å². The lowest BCUT2D eigenvalue weighted by Crippen LogP contribution is -2.37. The second-order valence-electron chi connectivity index (χ2n) is 4.88. The van der Waals surface area contributed by atoms with Gasteiger partial charge in [0.05, 0.1) is 15.8 Å². The second-order valence-corrected chi connectivity index (χ2v) is 7.36. The molecular formula is C14H20N2O3S2. The Morgan fingerprint density at radius 1 is 1.33 bits per heavy atom. The van der Waals surface area contributed by atoms with Gasteiger partial charge in [0.15, 0.2) is 9.84 Å². The number of hydrogen-bond donors (Lipinski definition) is 2. The van der Waals surface area contributed by atoms with E-state index in [1.54, 1.807) is 12.1 Å². The second kappa shape index (κ2) is 7.51. The maximum atomic E-state index is 12.0. The van der Waals surface area contributed by atoms with Gasteiger partial charge in [-0.15, -0.1) is 0 Å². The van der Waals surface area contributed by atoms with Crippen LogP contribution in [0.3, 0.4) is 0 Å². The van der Waals surface area contributed by atoms with Crippen LogP contribution in [0, 0.1) is 5.92 Å². The largest absolute Gasteiger partial charge is 0.393 e. The summed E-state index contributed by atoms with van der Waals surface area (Å²) in [5.41, 5.74) is 6.38. The number of carbonyl (C=O) groups is 1. The summed E-state index contributed by atoms with van der Waals surface area (Å²) in [6.07, 6.45) is 2.59. The van der Waals surface area contributed by atoms with Crippen LogP contribution in [0.5, 0.6) is 0 Å². The molecule has 1 amide bonds. The van der Waals surface area contributed by atoms with Crippen LogP contribution in [0.4, 0.5) is 0 Å². The van der Waals surface area contributed by atoms with Crippen molar-refractivity contribution in [2.75, 3.05) is 6.26 Å². The Hall–Kier alpha value is -1.47. The van der Waals surface area contributed by atoms with Gasteiger partial charge in [-0.25, -0.2) is 8.42 Å². The predicted molar refractivity (Wildman–Crippen MR) is 86.6 cm³/mol. The molecule has 5 nitrogen and oxygen atoms in total. The Kier molecular flexibility index (Phi) is 6.29. The molecule has 1 rings (SSSR count). The van der Waals surface area contributed by atoms with Crippen molar-refractivity contribution in [2.45, 2.75) is 31.2 Å². The average molecular weight is 328 g/mol. The van der Waals surface area contributed by atoms with Gasteiger partial charge in [-0.1, -0.05) is 37.7 Å². The van der Waals surface area contributed by atoms with Gasteiger partial charge >= 0.3 is 0 Å². The zero-order valence-corrected chi connectivity index (χ0v) is 13.8. The zero-order chi connectivity index (χ0) is 16.0. The molecule has 0 radical (unpaired) electrons. The van der Waals surface area contributed by atoms with Gasteiger partial charge in [0.2, 0.25) is 5.91 Å². The minimum atomic E-state index is -3.20. The Labute approximate surface area is 130 Å². The number of carbonyl (C=O) groups excluding carboxylic acids is 1. The first-order chi connectivity index (χ1) is 9.75. The van der Waals surface area contributed by atoms with Crippen molar-refractivity contribution in [1.82, 2.24) is 5.32 Å². The highest BCUT2D eigenvalue weighted by Crippen LogP contribution is 2.11. The van der Waals surface area contributed by atoms with Crippen molar-refractivity contribution in [3.8, 4) is 0 Å². The molecular weight excluding hydrogens is 308 g/mol. The van der Waals surface area contributed by atoms with E-state index in [4.69, 9.17) is 18.0 Å². The highest BCUT2D eigenvalue weighted by molar-refractivity contribution is 7.90. The average Bonchev–Trinajstić information content (AvgIpc) is 2.41. The molecule has 0 aromatic heterocycles. The number of benzene rings is 1. The summed E-state index contributed by atoms with van der Waals surface area (Å²) in [6.45, 7) is 2.27. The van der Waals surface area contributed by atoms with Gasteiger partial charge in [0, 0.05) is 12.8 Å². The van der Waals surface area contributed by atoms with E-state index < -0.39 is 15.8 Å². The quantitative estimate of drug-likeness (QED) is 0.739. The zero-order valence-electron chi connectivity index (χ0n) is 12.1. The predicted octanol–water partition coefficient (Wildman–Crippen LogP) is 1.41. The Morgan fingerprint density at radius 3 is 2.33 bits per heavy atom. The third kappa shape index (κ3) is 5.43. The van der Waals surface area contributed by atoms with Crippen LogP contribution in [0.25, 0.3) is 0 Å². The number of rotatable bonds is 7. The van der Waals surface area contributed by atoms with Gasteiger partial charge < -0.3 is 11.1 Å². The molecule has 3 N–H and O–H groups in total. The van der Waals surface area contributed by atoms with Crippen LogP contribution in [0.1, 0.15) is 25.3 Å². The lowest BCUT2D eigenvalue weighted by molar-refractivity contribution is -0.123. The highest BCUT2D eigenvalue weighted by Gasteiger charge is 2.19. The van der Waals surface area contributed by atoms with Crippen molar-refractivity contribution in [1.29, 1.82) is 0 Å². The summed E-state index contributed by atoms with van der Waals surface area (Å²) >= 11 is 4.90. The molecule has 0 saturated carbocycles. The summed E-state index contributed by atoms with van der Waals surface area (Å²) in [5, 5.41) is 2.77. The summed E-state index contributed by atoms with van der Waals surface area (Å²) in [6, 6.07) is 6.39. The first-order valence-corrected chi connectivity index (χ1v) is 8.91. The van der Waals surface area contributed by atoms with Crippen molar-refractivity contribution in [3.63, 3.8) is 0 Å². The third-order valence-electron chi connectivity index (χ3n) is 3.06. The van der Waals surface area contributed by atoms with E-state index in [2.05, 4.69) is 5.32 Å². The van der Waals surface area contributed by atoms with Gasteiger partial charge in [-0.05, 0) is 24.1 Å². The molecule has 0 bridgehead atoms. The SMILES string of the molecule is CCCC(C(=O)NCc1ccc(S(C)(=O)=O)cc1)C(N)=S. The number of nitrogens with one attached hydrogen (secondary N) is 1. The van der Waals surface area contributed by atoms with Crippen LogP contribution in [0.15, 0.2) is 29.2 Å². The Morgan fingerprint density at radius 2 is 1.90 bits per heavy atom. The molecule has 21 heavy (non-hydrogen) atoms. The van der Waals surface area contributed by atoms with E-state index in [1.165, 1.54) is 12.1 Å². The minimum absolute atomic E-state index is 0.196. The summed E-state index contributed by atoms with van der Waals surface area (Å²) in [4.78, 5) is 12.4. The fraction of sp³-hybridized carbons (Fsp3) is 0.429. The molecule has 0 spiro atoms. The van der Waals surface area contributed by atoms with Gasteiger partial charge in [-0.3, -0.25) is 4.79 Å². The van der Waals surface area contributed by atoms with Crippen molar-refractivity contribution in [2.24, 2.45) is 11.7 Å². The fourth-order valence-electron chi connectivity index (χ4n) is 1.86. The Balaban J connectivity index is 2.66. The number of thiocarbonyl (C=S) groups is 1. The number of nitrogens with two attached hydrogens (primary N) is 1. The number of sulfone groups is 1. The van der Waals surface area contributed by atoms with Crippen molar-refractivity contribution >= 4 is 33.0 Å². The highest BCUT2D eigenvalue weighted by atomic mass is 32.2. The van der Waals surface area contributed by atoms with Crippen LogP contribution >= 0.6 is 12.2 Å². The van der Waals surface area contributed by atoms with Crippen LogP contribution < -0.4 is 11.1 Å². The molecule has 0 aliphatic rings. The standard InChI is InChI=1S/C14H20N2O3S2/c1-3-4-12(13(15)20)14(17)16-9-10-5-7-11(8-6-10)21(2,18)19/h5-8,12H,3-4,9H2,1-2H3,(H2,15,20)(H,16,17). The maximum Gasteiger partial charge on any atom is 0.230 e. The summed E-state index contributed by atoms with van der Waals surface area (Å²) in [5.74, 6) is -0.656. The molecule has 1 aromatic rings. The molecule has 0 heterocycles. The molecule has 0 fully saturated rings. The monoisotopic (exact) mass is 328 g/mol. The maximum absolute atomic E-state index is 12.0. The molecule has 1 unspecified atom stereocenters. The van der Waals surface area contributed by atoms with Crippen LogP contribution in [-0.4, -0.2) is 25.6 Å². The van der Waals surface area contributed by atoms with Crippen molar-refractivity contribution in [3.05, 3.63) is 29.8 Å². The van der Waals surface area contributed by atoms with E-state index in [1.807, 2.05) is 6.92 Å². The minimum Gasteiger partial charge on any atom is -0.393 e. The molecule has 7 heteroatoms. The van der Waals surface area contributed by atoms with E-state index in [0.29, 0.717) is 13.0 Å². The number of amides is 1. The van der Waals surface area contributed by atoms with Crippen LogP contribution in [-0.2, 0) is 21.2 Å². The molecule has 0 aliphatic carbocycles. The Bertz CT molecular complexity index is 610. The topological polar surface area (TPSA) is 89.3 Å². The third-order valence-corrected chi connectivity index (χ3v) is 4.47. The normalized spacial score (nSPS) is 12.7. The lowest BCUT2D eigenvalue weighted by Gasteiger charge is -2.14. The van der Waals surface area contributed by atoms with Crippen LogP contribution in [0.2, 0.25) is 0 Å². The van der Waals surface area contributed by atoms with E-state index in [0.717, 1.165) is 18.2 Å². The van der Waals surface area contributed by atoms with Gasteiger partial charge in [-0.2, -0.15) is 0 Å². The first-order valence-electron chi connectivity index (χ1n) is 6.61. The summed E-state index contributed by atoms with van der Waals surface area (Å²) in [7, 11) is -3.20. The molecule has 0 aliphatic heterocycles. The molecule has 116 valence electrons. The lowest BCUT2D eigenvalue weighted by atomic mass is 10.0.